The molecule has 5 atom stereocenters. The number of rotatable bonds is 72. The minimum Gasteiger partial charge on any atom is -0.462 e. The fourth-order valence-corrected chi connectivity index (χ4v) is 12.7. The summed E-state index contributed by atoms with van der Waals surface area (Å²) in [6.45, 7) is 9.50. The molecule has 546 valence electrons. The first-order valence-corrected chi connectivity index (χ1v) is 41.0. The normalized spacial score (nSPS) is 14.1. The zero-order valence-electron chi connectivity index (χ0n) is 59.9. The van der Waals surface area contributed by atoms with E-state index >= 15 is 0 Å². The molecule has 0 heterocycles. The predicted molar refractivity (Wildman–Crippen MR) is 372 cm³/mol. The maximum Gasteiger partial charge on any atom is 0.472 e. The molecule has 0 rings (SSSR count). The van der Waals surface area contributed by atoms with Crippen molar-refractivity contribution in [3.8, 4) is 0 Å². The third kappa shape index (κ3) is 66.7. The van der Waals surface area contributed by atoms with Crippen molar-refractivity contribution in [3.05, 3.63) is 0 Å². The quantitative estimate of drug-likeness (QED) is 0.0222. The second-order valence-electron chi connectivity index (χ2n) is 27.3. The summed E-state index contributed by atoms with van der Waals surface area (Å²) < 4.78 is 68.3. The van der Waals surface area contributed by atoms with Crippen molar-refractivity contribution in [2.45, 2.75) is 394 Å². The largest absolute Gasteiger partial charge is 0.472 e. The Balaban J connectivity index is 5.18. The molecule has 0 aliphatic heterocycles. The second-order valence-corrected chi connectivity index (χ2v) is 30.2. The van der Waals surface area contributed by atoms with Crippen LogP contribution in [0.4, 0.5) is 0 Å². The third-order valence-electron chi connectivity index (χ3n) is 17.0. The van der Waals surface area contributed by atoms with Crippen LogP contribution in [0.15, 0.2) is 0 Å². The van der Waals surface area contributed by atoms with Crippen LogP contribution in [-0.4, -0.2) is 96.7 Å². The highest BCUT2D eigenvalue weighted by molar-refractivity contribution is 7.47. The maximum atomic E-state index is 13.0. The molecule has 0 aromatic heterocycles. The molecule has 0 amide bonds. The molecular weight excluding hydrogens is 1210 g/mol. The van der Waals surface area contributed by atoms with Crippen LogP contribution in [0.3, 0.4) is 0 Å². The Morgan fingerprint density at radius 2 is 0.500 bits per heavy atom. The molecule has 17 nitrogen and oxygen atoms in total. The van der Waals surface area contributed by atoms with Crippen molar-refractivity contribution in [1.82, 2.24) is 0 Å². The van der Waals surface area contributed by atoms with Gasteiger partial charge < -0.3 is 33.8 Å². The summed E-state index contributed by atoms with van der Waals surface area (Å²) in [6, 6.07) is 0. The van der Waals surface area contributed by atoms with E-state index in [9.17, 15) is 43.2 Å². The molecule has 2 unspecified atom stereocenters. The van der Waals surface area contributed by atoms with E-state index in [2.05, 4.69) is 41.5 Å². The van der Waals surface area contributed by atoms with Gasteiger partial charge in [0, 0.05) is 25.7 Å². The number of unbranched alkanes of at least 4 members (excludes halogenated alkanes) is 42. The minimum atomic E-state index is -4.95. The lowest BCUT2D eigenvalue weighted by atomic mass is 10.0. The smallest absolute Gasteiger partial charge is 0.462 e. The molecule has 0 aromatic carbocycles. The van der Waals surface area contributed by atoms with Crippen molar-refractivity contribution < 1.29 is 80.2 Å². The first-order valence-electron chi connectivity index (χ1n) is 38.0. The van der Waals surface area contributed by atoms with Crippen LogP contribution in [-0.2, 0) is 65.4 Å². The number of esters is 4. The first kappa shape index (κ1) is 90.1. The van der Waals surface area contributed by atoms with Crippen molar-refractivity contribution >= 4 is 39.5 Å². The van der Waals surface area contributed by atoms with E-state index in [1.54, 1.807) is 0 Å². The van der Waals surface area contributed by atoms with Crippen LogP contribution in [0.1, 0.15) is 375 Å². The van der Waals surface area contributed by atoms with Gasteiger partial charge in [-0.2, -0.15) is 0 Å². The Labute approximate surface area is 562 Å². The number of aliphatic hydroxyl groups excluding tert-OH is 1. The number of hydrogen-bond donors (Lipinski definition) is 3. The number of carbonyl (C=O) groups excluding carboxylic acids is 4. The van der Waals surface area contributed by atoms with Gasteiger partial charge in [-0.3, -0.25) is 37.3 Å². The monoisotopic (exact) mass is 1350 g/mol. The van der Waals surface area contributed by atoms with Gasteiger partial charge in [-0.05, 0) is 37.5 Å². The highest BCUT2D eigenvalue weighted by atomic mass is 31.2. The predicted octanol–water partition coefficient (Wildman–Crippen LogP) is 21.2. The Hall–Kier alpha value is -1.94. The van der Waals surface area contributed by atoms with Gasteiger partial charge in [0.15, 0.2) is 12.2 Å². The minimum absolute atomic E-state index is 0.105. The Morgan fingerprint density at radius 3 is 0.739 bits per heavy atom. The molecule has 0 bridgehead atoms. The summed E-state index contributed by atoms with van der Waals surface area (Å²) in [5.74, 6) is -0.644. The fraction of sp³-hybridized carbons (Fsp3) is 0.945. The van der Waals surface area contributed by atoms with Gasteiger partial charge in [0.05, 0.1) is 26.4 Å². The van der Waals surface area contributed by atoms with Crippen molar-refractivity contribution in [2.75, 3.05) is 39.6 Å². The number of aliphatic hydroxyl groups is 1. The van der Waals surface area contributed by atoms with Gasteiger partial charge in [-0.15, -0.1) is 0 Å². The zero-order chi connectivity index (χ0) is 67.9. The van der Waals surface area contributed by atoms with Gasteiger partial charge in [0.25, 0.3) is 0 Å². The van der Waals surface area contributed by atoms with Crippen LogP contribution in [0.25, 0.3) is 0 Å². The number of ether oxygens (including phenoxy) is 4. The molecule has 0 aliphatic carbocycles. The van der Waals surface area contributed by atoms with Crippen molar-refractivity contribution in [1.29, 1.82) is 0 Å². The zero-order valence-corrected chi connectivity index (χ0v) is 61.6. The van der Waals surface area contributed by atoms with Gasteiger partial charge in [0.2, 0.25) is 0 Å². The van der Waals surface area contributed by atoms with E-state index in [1.165, 1.54) is 186 Å². The highest BCUT2D eigenvalue weighted by Crippen LogP contribution is 2.45. The highest BCUT2D eigenvalue weighted by Gasteiger charge is 2.30. The Kier molecular flexibility index (Phi) is 63.7. The van der Waals surface area contributed by atoms with Crippen LogP contribution in [0.5, 0.6) is 0 Å². The number of hydrogen-bond acceptors (Lipinski definition) is 15. The molecule has 19 heteroatoms. The van der Waals surface area contributed by atoms with E-state index in [0.29, 0.717) is 25.7 Å². The molecule has 0 spiro atoms. The Bertz CT molecular complexity index is 1790. The van der Waals surface area contributed by atoms with Crippen LogP contribution in [0, 0.1) is 11.8 Å². The fourth-order valence-electron chi connectivity index (χ4n) is 11.1. The average molecular weight is 1350 g/mol. The summed E-state index contributed by atoms with van der Waals surface area (Å²) in [5.41, 5.74) is 0. The lowest BCUT2D eigenvalue weighted by Gasteiger charge is -2.21. The van der Waals surface area contributed by atoms with Crippen LogP contribution < -0.4 is 0 Å². The molecule has 0 aliphatic rings. The number of carbonyl (C=O) groups is 4. The molecule has 0 fully saturated rings. The maximum absolute atomic E-state index is 13.0. The topological polar surface area (TPSA) is 237 Å². The molecule has 3 N–H and O–H groups in total. The van der Waals surface area contributed by atoms with Crippen molar-refractivity contribution in [3.63, 3.8) is 0 Å². The van der Waals surface area contributed by atoms with E-state index < -0.39 is 97.5 Å². The van der Waals surface area contributed by atoms with E-state index in [1.807, 2.05) is 0 Å². The molecule has 0 radical (unpaired) electrons. The molecular formula is C73H142O17P2. The van der Waals surface area contributed by atoms with E-state index in [0.717, 1.165) is 108 Å². The number of phosphoric acid groups is 2. The number of phosphoric ester groups is 2. The van der Waals surface area contributed by atoms with E-state index in [-0.39, 0.29) is 25.7 Å². The third-order valence-corrected chi connectivity index (χ3v) is 18.9. The summed E-state index contributed by atoms with van der Waals surface area (Å²) in [4.78, 5) is 72.6. The van der Waals surface area contributed by atoms with Gasteiger partial charge >= 0.3 is 39.5 Å². The first-order chi connectivity index (χ1) is 44.4. The SMILES string of the molecule is CCCCCCCCCCCCCCCCCCCCCCC(=O)O[C@H](COC(=O)CCCCCCCCCCCC(C)C)COP(=O)(O)OC[C@@H](O)COP(=O)(O)OC[C@@H](COC(=O)CCCCCCCCCC)OC(=O)CCCCCCCCCCCC(C)C. The molecule has 92 heavy (non-hydrogen) atoms. The molecule has 0 saturated heterocycles. The van der Waals surface area contributed by atoms with Crippen LogP contribution >= 0.6 is 15.6 Å². The lowest BCUT2D eigenvalue weighted by molar-refractivity contribution is -0.161. The summed E-state index contributed by atoms with van der Waals surface area (Å²) in [5, 5.41) is 10.6. The summed E-state index contributed by atoms with van der Waals surface area (Å²) in [7, 11) is -9.90. The van der Waals surface area contributed by atoms with Crippen molar-refractivity contribution in [2.24, 2.45) is 11.8 Å². The van der Waals surface area contributed by atoms with Gasteiger partial charge in [0.1, 0.15) is 19.3 Å². The van der Waals surface area contributed by atoms with Gasteiger partial charge in [-0.25, -0.2) is 9.13 Å². The summed E-state index contributed by atoms with van der Waals surface area (Å²) >= 11 is 0. The standard InChI is InChI=1S/C73H142O17P2/c1-7-9-11-13-15-17-18-19-20-21-22-23-24-25-26-27-32-39-45-51-57-72(77)89-69(62-84-71(76)56-50-44-38-33-28-30-35-41-47-53-65(3)4)64-88-92(81,82)86-60-67(74)59-85-91(79,80)87-63-68(61-83-70(75)55-49-43-37-16-14-12-10-8-2)90-73(78)58-52-46-40-34-29-31-36-42-48-54-66(5)6/h65-69,74H,7-64H2,1-6H3,(H,79,80)(H,81,82)/t67-,68+,69+/m0/s1. The van der Waals surface area contributed by atoms with Gasteiger partial charge in [-0.1, -0.05) is 324 Å². The second kappa shape index (κ2) is 65.0. The Morgan fingerprint density at radius 1 is 0.293 bits per heavy atom. The lowest BCUT2D eigenvalue weighted by Crippen LogP contribution is -2.30. The average Bonchev–Trinajstić information content (AvgIpc) is 3.71. The molecule has 0 aromatic rings. The van der Waals surface area contributed by atoms with Crippen LogP contribution in [0.2, 0.25) is 0 Å². The molecule has 0 saturated carbocycles. The summed E-state index contributed by atoms with van der Waals surface area (Å²) in [6.07, 6.45) is 51.5. The van der Waals surface area contributed by atoms with E-state index in [4.69, 9.17) is 37.0 Å².